The van der Waals surface area contributed by atoms with E-state index in [-0.39, 0.29) is 6.42 Å². The SMILES string of the molecule is COc1ccccc1CC(=O)[C@H](C#N)C(=O)Nc1ccccc1Cl. The molecule has 0 spiro atoms. The Morgan fingerprint density at radius 3 is 2.54 bits per heavy atom. The van der Waals surface area contributed by atoms with E-state index >= 15 is 0 Å². The van der Waals surface area contributed by atoms with E-state index in [4.69, 9.17) is 16.3 Å². The number of nitriles is 1. The standard InChI is InChI=1S/C18H15ClN2O3/c1-24-17-9-5-2-6-12(17)10-16(22)13(11-20)18(23)21-15-8-4-3-7-14(15)19/h2-9,13H,10H2,1H3,(H,21,23)/t13-/m0/s1. The van der Waals surface area contributed by atoms with Gasteiger partial charge in [-0.3, -0.25) is 9.59 Å². The van der Waals surface area contributed by atoms with Gasteiger partial charge in [0.15, 0.2) is 11.7 Å². The Balaban J connectivity index is 2.13. The van der Waals surface area contributed by atoms with Crippen molar-refractivity contribution in [3.63, 3.8) is 0 Å². The van der Waals surface area contributed by atoms with Crippen molar-refractivity contribution in [3.8, 4) is 11.8 Å². The molecule has 0 fully saturated rings. The van der Waals surface area contributed by atoms with Crippen molar-refractivity contribution in [1.82, 2.24) is 0 Å². The molecule has 0 radical (unpaired) electrons. The van der Waals surface area contributed by atoms with E-state index in [0.29, 0.717) is 22.0 Å². The van der Waals surface area contributed by atoms with Crippen LogP contribution in [0.4, 0.5) is 5.69 Å². The van der Waals surface area contributed by atoms with Crippen molar-refractivity contribution < 1.29 is 14.3 Å². The van der Waals surface area contributed by atoms with Gasteiger partial charge in [0.1, 0.15) is 5.75 Å². The van der Waals surface area contributed by atoms with Gasteiger partial charge in [-0.25, -0.2) is 0 Å². The van der Waals surface area contributed by atoms with E-state index in [1.807, 2.05) is 0 Å². The van der Waals surface area contributed by atoms with Gasteiger partial charge in [0.05, 0.1) is 23.9 Å². The molecule has 1 N–H and O–H groups in total. The normalized spacial score (nSPS) is 11.2. The van der Waals surface area contributed by atoms with E-state index in [0.717, 1.165) is 0 Å². The third-order valence-electron chi connectivity index (χ3n) is 3.40. The summed E-state index contributed by atoms with van der Waals surface area (Å²) in [5, 5.41) is 12.1. The molecule has 0 unspecified atom stereocenters. The topological polar surface area (TPSA) is 79.2 Å². The Bertz CT molecular complexity index is 799. The molecule has 122 valence electrons. The number of amides is 1. The largest absolute Gasteiger partial charge is 0.496 e. The number of ether oxygens (including phenoxy) is 1. The quantitative estimate of drug-likeness (QED) is 0.817. The number of ketones is 1. The van der Waals surface area contributed by atoms with Gasteiger partial charge in [-0.2, -0.15) is 5.26 Å². The molecule has 0 aliphatic carbocycles. The van der Waals surface area contributed by atoms with E-state index in [2.05, 4.69) is 5.32 Å². The molecule has 0 aromatic heterocycles. The number of halogens is 1. The summed E-state index contributed by atoms with van der Waals surface area (Å²) in [5.74, 6) is -2.10. The highest BCUT2D eigenvalue weighted by atomic mass is 35.5. The molecule has 2 rings (SSSR count). The minimum Gasteiger partial charge on any atom is -0.496 e. The maximum Gasteiger partial charge on any atom is 0.249 e. The van der Waals surface area contributed by atoms with Crippen LogP contribution in [0.3, 0.4) is 0 Å². The Kier molecular flexibility index (Phi) is 5.94. The van der Waals surface area contributed by atoms with Crippen LogP contribution in [0.25, 0.3) is 0 Å². The fourth-order valence-electron chi connectivity index (χ4n) is 2.18. The fourth-order valence-corrected chi connectivity index (χ4v) is 2.37. The molecule has 0 bridgehead atoms. The number of Topliss-reactive ketones (excluding diaryl/α,β-unsaturated/α-hetero) is 1. The van der Waals surface area contributed by atoms with Gasteiger partial charge in [0, 0.05) is 12.0 Å². The van der Waals surface area contributed by atoms with E-state index in [9.17, 15) is 14.9 Å². The Hall–Kier alpha value is -2.84. The van der Waals surface area contributed by atoms with Crippen molar-refractivity contribution >= 4 is 29.0 Å². The Labute approximate surface area is 144 Å². The number of benzene rings is 2. The van der Waals surface area contributed by atoms with Crippen LogP contribution in [0, 0.1) is 17.2 Å². The maximum absolute atomic E-state index is 12.4. The predicted octanol–water partition coefficient (Wildman–Crippen LogP) is 3.24. The lowest BCUT2D eigenvalue weighted by molar-refractivity contribution is -0.128. The zero-order valence-corrected chi connectivity index (χ0v) is 13.7. The first-order valence-corrected chi connectivity index (χ1v) is 7.54. The molecule has 0 heterocycles. The molecule has 24 heavy (non-hydrogen) atoms. The smallest absolute Gasteiger partial charge is 0.249 e. The minimum absolute atomic E-state index is 0.0712. The van der Waals surface area contributed by atoms with Crippen molar-refractivity contribution in [2.75, 3.05) is 12.4 Å². The first-order valence-electron chi connectivity index (χ1n) is 7.16. The number of anilines is 1. The van der Waals surface area contributed by atoms with Crippen LogP contribution >= 0.6 is 11.6 Å². The number of nitrogens with zero attached hydrogens (tertiary/aromatic N) is 1. The second-order valence-electron chi connectivity index (χ2n) is 4.99. The van der Waals surface area contributed by atoms with Crippen molar-refractivity contribution in [2.45, 2.75) is 6.42 Å². The summed E-state index contributed by atoms with van der Waals surface area (Å²) < 4.78 is 5.18. The van der Waals surface area contributed by atoms with Crippen molar-refractivity contribution in [1.29, 1.82) is 5.26 Å². The van der Waals surface area contributed by atoms with Crippen LogP contribution in [0.15, 0.2) is 48.5 Å². The minimum atomic E-state index is -1.42. The average molecular weight is 343 g/mol. The molecule has 0 saturated carbocycles. The lowest BCUT2D eigenvalue weighted by atomic mass is 9.97. The molecule has 6 heteroatoms. The number of hydrogen-bond donors (Lipinski definition) is 1. The van der Waals surface area contributed by atoms with Crippen LogP contribution in [-0.4, -0.2) is 18.8 Å². The first kappa shape index (κ1) is 17.5. The van der Waals surface area contributed by atoms with Crippen LogP contribution in [0.2, 0.25) is 5.02 Å². The Morgan fingerprint density at radius 1 is 1.21 bits per heavy atom. The van der Waals surface area contributed by atoms with Gasteiger partial charge in [0.2, 0.25) is 5.91 Å². The molecular formula is C18H15ClN2O3. The summed E-state index contributed by atoms with van der Waals surface area (Å²) in [6, 6.07) is 15.3. The number of rotatable bonds is 6. The lowest BCUT2D eigenvalue weighted by Gasteiger charge is -2.12. The number of nitrogens with one attached hydrogen (secondary N) is 1. The maximum atomic E-state index is 12.4. The van der Waals surface area contributed by atoms with E-state index in [1.165, 1.54) is 7.11 Å². The molecule has 0 saturated heterocycles. The molecule has 2 aromatic rings. The van der Waals surface area contributed by atoms with Crippen molar-refractivity contribution in [2.24, 2.45) is 5.92 Å². The highest BCUT2D eigenvalue weighted by Gasteiger charge is 2.27. The Morgan fingerprint density at radius 2 is 1.88 bits per heavy atom. The van der Waals surface area contributed by atoms with Gasteiger partial charge >= 0.3 is 0 Å². The zero-order chi connectivity index (χ0) is 17.5. The van der Waals surface area contributed by atoms with Crippen LogP contribution in [-0.2, 0) is 16.0 Å². The summed E-state index contributed by atoms with van der Waals surface area (Å²) >= 11 is 5.97. The van der Waals surface area contributed by atoms with Gasteiger partial charge in [-0.05, 0) is 18.2 Å². The fraction of sp³-hybridized carbons (Fsp3) is 0.167. The highest BCUT2D eigenvalue weighted by molar-refractivity contribution is 6.33. The van der Waals surface area contributed by atoms with E-state index < -0.39 is 17.6 Å². The van der Waals surface area contributed by atoms with Gasteiger partial charge in [0.25, 0.3) is 0 Å². The molecule has 5 nitrogen and oxygen atoms in total. The predicted molar refractivity (Wildman–Crippen MR) is 90.9 cm³/mol. The van der Waals surface area contributed by atoms with Gasteiger partial charge in [-0.1, -0.05) is 41.9 Å². The number of methoxy groups -OCH3 is 1. The van der Waals surface area contributed by atoms with Crippen LogP contribution in [0.5, 0.6) is 5.75 Å². The first-order chi connectivity index (χ1) is 11.6. The number of carbonyl (C=O) groups is 2. The number of hydrogen-bond acceptors (Lipinski definition) is 4. The molecular weight excluding hydrogens is 328 g/mol. The average Bonchev–Trinajstić information content (AvgIpc) is 2.58. The molecule has 0 aliphatic heterocycles. The van der Waals surface area contributed by atoms with Gasteiger partial charge in [-0.15, -0.1) is 0 Å². The monoisotopic (exact) mass is 342 g/mol. The molecule has 1 amide bonds. The number of carbonyl (C=O) groups excluding carboxylic acids is 2. The lowest BCUT2D eigenvalue weighted by Crippen LogP contribution is -2.29. The summed E-state index contributed by atoms with van der Waals surface area (Å²) in [6.07, 6.45) is -0.0712. The second-order valence-corrected chi connectivity index (χ2v) is 5.39. The molecule has 0 aliphatic rings. The summed E-state index contributed by atoms with van der Waals surface area (Å²) in [4.78, 5) is 24.6. The van der Waals surface area contributed by atoms with Crippen molar-refractivity contribution in [3.05, 3.63) is 59.1 Å². The number of para-hydroxylation sites is 2. The summed E-state index contributed by atoms with van der Waals surface area (Å²) in [5.41, 5.74) is 0.977. The molecule has 2 aromatic carbocycles. The van der Waals surface area contributed by atoms with Crippen LogP contribution in [0.1, 0.15) is 5.56 Å². The van der Waals surface area contributed by atoms with E-state index in [1.54, 1.807) is 54.6 Å². The van der Waals surface area contributed by atoms with Crippen LogP contribution < -0.4 is 10.1 Å². The zero-order valence-electron chi connectivity index (χ0n) is 13.0. The second kappa shape index (κ2) is 8.14. The third kappa shape index (κ3) is 4.12. The third-order valence-corrected chi connectivity index (χ3v) is 3.73. The highest BCUT2D eigenvalue weighted by Crippen LogP contribution is 2.22. The molecule has 1 atom stereocenters. The summed E-state index contributed by atoms with van der Waals surface area (Å²) in [7, 11) is 1.50. The summed E-state index contributed by atoms with van der Waals surface area (Å²) in [6.45, 7) is 0. The van der Waals surface area contributed by atoms with Gasteiger partial charge < -0.3 is 10.1 Å².